The molecule has 1 aromatic heterocycles. The normalized spacial score (nSPS) is 22.7. The second kappa shape index (κ2) is 6.31. The highest BCUT2D eigenvalue weighted by molar-refractivity contribution is 5.84. The Kier molecular flexibility index (Phi) is 4.49. The van der Waals surface area contributed by atoms with Gasteiger partial charge in [0.05, 0.1) is 24.1 Å². The molecule has 2 N–H and O–H groups in total. The number of rotatable bonds is 4. The number of hydrogen-bond acceptors (Lipinski definition) is 3. The molecule has 1 aliphatic carbocycles. The molecule has 0 unspecified atom stereocenters. The SMILES string of the molecule is O=C(O)[C@@H]1CCCC[C@H]1C(=O)NCc1ccccn1. The minimum atomic E-state index is -0.863. The molecule has 1 amide bonds. The Morgan fingerprint density at radius 2 is 2.00 bits per heavy atom. The average Bonchev–Trinajstić information content (AvgIpc) is 2.46. The fourth-order valence-electron chi connectivity index (χ4n) is 2.55. The molecule has 2 atom stereocenters. The second-order valence-corrected chi connectivity index (χ2v) is 4.87. The zero-order valence-corrected chi connectivity index (χ0v) is 10.7. The van der Waals surface area contributed by atoms with Crippen molar-refractivity contribution in [3.63, 3.8) is 0 Å². The number of carbonyl (C=O) groups is 2. The third-order valence-electron chi connectivity index (χ3n) is 3.59. The van der Waals surface area contributed by atoms with E-state index in [0.717, 1.165) is 18.5 Å². The Morgan fingerprint density at radius 3 is 2.63 bits per heavy atom. The summed E-state index contributed by atoms with van der Waals surface area (Å²) in [6.07, 6.45) is 4.73. The maximum absolute atomic E-state index is 12.1. The maximum atomic E-state index is 12.1. The molecule has 5 heteroatoms. The summed E-state index contributed by atoms with van der Waals surface area (Å²) in [4.78, 5) is 27.4. The zero-order chi connectivity index (χ0) is 13.7. The predicted octanol–water partition coefficient (Wildman–Crippen LogP) is 1.59. The quantitative estimate of drug-likeness (QED) is 0.863. The Morgan fingerprint density at radius 1 is 1.26 bits per heavy atom. The first-order valence-electron chi connectivity index (χ1n) is 6.59. The number of amides is 1. The molecule has 0 spiro atoms. The van der Waals surface area contributed by atoms with Crippen LogP contribution in [0.1, 0.15) is 31.4 Å². The lowest BCUT2D eigenvalue weighted by Gasteiger charge is -2.27. The largest absolute Gasteiger partial charge is 0.481 e. The third-order valence-corrected chi connectivity index (χ3v) is 3.59. The molecule has 19 heavy (non-hydrogen) atoms. The second-order valence-electron chi connectivity index (χ2n) is 4.87. The number of carboxylic acid groups (broad SMARTS) is 1. The highest BCUT2D eigenvalue weighted by Gasteiger charge is 2.35. The number of hydrogen-bond donors (Lipinski definition) is 2. The van der Waals surface area contributed by atoms with E-state index in [1.807, 2.05) is 18.2 Å². The minimum Gasteiger partial charge on any atom is -0.481 e. The van der Waals surface area contributed by atoms with Crippen molar-refractivity contribution in [3.05, 3.63) is 30.1 Å². The molecule has 0 bridgehead atoms. The van der Waals surface area contributed by atoms with E-state index in [2.05, 4.69) is 10.3 Å². The van der Waals surface area contributed by atoms with Gasteiger partial charge in [-0.1, -0.05) is 18.9 Å². The van der Waals surface area contributed by atoms with Crippen LogP contribution in [0.15, 0.2) is 24.4 Å². The van der Waals surface area contributed by atoms with E-state index < -0.39 is 17.8 Å². The Labute approximate surface area is 112 Å². The van der Waals surface area contributed by atoms with Gasteiger partial charge in [0.2, 0.25) is 5.91 Å². The summed E-state index contributed by atoms with van der Waals surface area (Å²) in [6.45, 7) is 0.350. The standard InChI is InChI=1S/C14H18N2O3/c17-13(16-9-10-5-3-4-8-15-10)11-6-1-2-7-12(11)14(18)19/h3-5,8,11-12H,1-2,6-7,9H2,(H,16,17)(H,18,19)/t11-,12-/m1/s1. The number of carboxylic acids is 1. The topological polar surface area (TPSA) is 79.3 Å². The summed E-state index contributed by atoms with van der Waals surface area (Å²) in [5.41, 5.74) is 0.776. The summed E-state index contributed by atoms with van der Waals surface area (Å²) in [7, 11) is 0. The molecule has 0 saturated heterocycles. The molecule has 0 aliphatic heterocycles. The average molecular weight is 262 g/mol. The van der Waals surface area contributed by atoms with Crippen LogP contribution in [0.5, 0.6) is 0 Å². The number of nitrogens with zero attached hydrogens (tertiary/aromatic N) is 1. The van der Waals surface area contributed by atoms with Crippen molar-refractivity contribution in [3.8, 4) is 0 Å². The summed E-state index contributed by atoms with van der Waals surface area (Å²) in [5, 5.41) is 11.9. The monoisotopic (exact) mass is 262 g/mol. The molecule has 0 aromatic carbocycles. The van der Waals surface area contributed by atoms with Gasteiger partial charge in [-0.05, 0) is 25.0 Å². The Hall–Kier alpha value is -1.91. The van der Waals surface area contributed by atoms with E-state index in [4.69, 9.17) is 5.11 Å². The molecule has 102 valence electrons. The van der Waals surface area contributed by atoms with Crippen LogP contribution in [0.25, 0.3) is 0 Å². The summed E-state index contributed by atoms with van der Waals surface area (Å²) < 4.78 is 0. The molecular formula is C14H18N2O3. The van der Waals surface area contributed by atoms with Crippen molar-refractivity contribution in [1.29, 1.82) is 0 Å². The van der Waals surface area contributed by atoms with Crippen molar-refractivity contribution in [2.24, 2.45) is 11.8 Å². The first-order valence-corrected chi connectivity index (χ1v) is 6.59. The van der Waals surface area contributed by atoms with Gasteiger partial charge in [-0.2, -0.15) is 0 Å². The van der Waals surface area contributed by atoms with Gasteiger partial charge in [-0.25, -0.2) is 0 Å². The van der Waals surface area contributed by atoms with Crippen LogP contribution in [0, 0.1) is 11.8 Å². The van der Waals surface area contributed by atoms with Crippen LogP contribution in [0.2, 0.25) is 0 Å². The molecule has 1 aromatic rings. The van der Waals surface area contributed by atoms with Gasteiger partial charge < -0.3 is 10.4 Å². The van der Waals surface area contributed by atoms with Gasteiger partial charge in [0.15, 0.2) is 0 Å². The van der Waals surface area contributed by atoms with Gasteiger partial charge in [-0.15, -0.1) is 0 Å². The van der Waals surface area contributed by atoms with Gasteiger partial charge >= 0.3 is 5.97 Å². The van der Waals surface area contributed by atoms with Crippen molar-refractivity contribution in [1.82, 2.24) is 10.3 Å². The Bertz CT molecular complexity index is 447. The van der Waals surface area contributed by atoms with Crippen molar-refractivity contribution >= 4 is 11.9 Å². The van der Waals surface area contributed by atoms with Crippen LogP contribution in [-0.2, 0) is 16.1 Å². The number of pyridine rings is 1. The van der Waals surface area contributed by atoms with Crippen LogP contribution in [0.4, 0.5) is 0 Å². The van der Waals surface area contributed by atoms with Crippen molar-refractivity contribution < 1.29 is 14.7 Å². The first kappa shape index (κ1) is 13.5. The van der Waals surface area contributed by atoms with E-state index in [1.165, 1.54) is 0 Å². The molecular weight excluding hydrogens is 244 g/mol. The van der Waals surface area contributed by atoms with Gasteiger partial charge in [0.25, 0.3) is 0 Å². The van der Waals surface area contributed by atoms with Crippen LogP contribution >= 0.6 is 0 Å². The molecule has 2 rings (SSSR count). The number of aliphatic carboxylic acids is 1. The maximum Gasteiger partial charge on any atom is 0.307 e. The molecule has 1 aliphatic rings. The molecule has 1 heterocycles. The zero-order valence-electron chi connectivity index (χ0n) is 10.7. The van der Waals surface area contributed by atoms with Crippen LogP contribution in [-0.4, -0.2) is 22.0 Å². The minimum absolute atomic E-state index is 0.169. The fourth-order valence-corrected chi connectivity index (χ4v) is 2.55. The lowest BCUT2D eigenvalue weighted by Crippen LogP contribution is -2.39. The summed E-state index contributed by atoms with van der Waals surface area (Å²) >= 11 is 0. The Balaban J connectivity index is 1.93. The van der Waals surface area contributed by atoms with Gasteiger partial charge in [0, 0.05) is 6.20 Å². The first-order chi connectivity index (χ1) is 9.18. The number of aromatic nitrogens is 1. The third kappa shape index (κ3) is 3.53. The smallest absolute Gasteiger partial charge is 0.307 e. The molecule has 1 saturated carbocycles. The van der Waals surface area contributed by atoms with Crippen LogP contribution in [0.3, 0.4) is 0 Å². The van der Waals surface area contributed by atoms with Crippen molar-refractivity contribution in [2.75, 3.05) is 0 Å². The van der Waals surface area contributed by atoms with E-state index in [1.54, 1.807) is 6.20 Å². The highest BCUT2D eigenvalue weighted by Crippen LogP contribution is 2.30. The van der Waals surface area contributed by atoms with Gasteiger partial charge in [-0.3, -0.25) is 14.6 Å². The summed E-state index contributed by atoms with van der Waals surface area (Å²) in [5.74, 6) is -1.98. The molecule has 5 nitrogen and oxygen atoms in total. The van der Waals surface area contributed by atoms with E-state index in [9.17, 15) is 9.59 Å². The summed E-state index contributed by atoms with van der Waals surface area (Å²) in [6, 6.07) is 5.50. The highest BCUT2D eigenvalue weighted by atomic mass is 16.4. The number of carbonyl (C=O) groups excluding carboxylic acids is 1. The van der Waals surface area contributed by atoms with Gasteiger partial charge in [0.1, 0.15) is 0 Å². The van der Waals surface area contributed by atoms with E-state index >= 15 is 0 Å². The fraction of sp³-hybridized carbons (Fsp3) is 0.500. The molecule has 1 fully saturated rings. The van der Waals surface area contributed by atoms with Crippen LogP contribution < -0.4 is 5.32 Å². The van der Waals surface area contributed by atoms with Crippen molar-refractivity contribution in [2.45, 2.75) is 32.2 Å². The van der Waals surface area contributed by atoms with E-state index in [-0.39, 0.29) is 5.91 Å². The number of nitrogens with one attached hydrogen (secondary N) is 1. The van der Waals surface area contributed by atoms with E-state index in [0.29, 0.717) is 19.4 Å². The molecule has 0 radical (unpaired) electrons. The predicted molar refractivity (Wildman–Crippen MR) is 69.2 cm³/mol. The lowest BCUT2D eigenvalue weighted by molar-refractivity contribution is -0.148. The lowest BCUT2D eigenvalue weighted by atomic mass is 9.78.